The van der Waals surface area contributed by atoms with Crippen LogP contribution < -0.4 is 10.5 Å². The van der Waals surface area contributed by atoms with Crippen LogP contribution in [0.3, 0.4) is 0 Å². The molecule has 2 rings (SSSR count). The first-order valence-electron chi connectivity index (χ1n) is 6.78. The number of carbonyl (C=O) groups is 1. The van der Waals surface area contributed by atoms with Crippen molar-refractivity contribution in [1.29, 1.82) is 0 Å². The molecular formula is C15H16N2O5S. The van der Waals surface area contributed by atoms with Gasteiger partial charge in [0.1, 0.15) is 5.75 Å². The van der Waals surface area contributed by atoms with Gasteiger partial charge in [-0.2, -0.15) is 0 Å². The van der Waals surface area contributed by atoms with E-state index in [1.54, 1.807) is 6.07 Å². The van der Waals surface area contributed by atoms with Crippen molar-refractivity contribution in [2.75, 3.05) is 13.2 Å². The second-order valence-electron chi connectivity index (χ2n) is 4.70. The Labute approximate surface area is 133 Å². The molecule has 0 aliphatic carbocycles. The molecule has 0 bridgehead atoms. The molecule has 0 unspecified atom stereocenters. The zero-order valence-corrected chi connectivity index (χ0v) is 13.0. The second-order valence-corrected chi connectivity index (χ2v) is 6.60. The van der Waals surface area contributed by atoms with E-state index in [1.807, 2.05) is 0 Å². The average Bonchev–Trinajstić information content (AvgIpc) is 2.54. The number of aliphatic carboxylic acids is 1. The third kappa shape index (κ3) is 4.27. The van der Waals surface area contributed by atoms with E-state index in [4.69, 9.17) is 15.6 Å². The third-order valence-electron chi connectivity index (χ3n) is 3.00. The minimum atomic E-state index is -3.73. The lowest BCUT2D eigenvalue weighted by atomic mass is 10.2. The highest BCUT2D eigenvalue weighted by molar-refractivity contribution is 7.91. The Morgan fingerprint density at radius 2 is 1.87 bits per heavy atom. The third-order valence-corrected chi connectivity index (χ3v) is 4.69. The zero-order valence-electron chi connectivity index (χ0n) is 12.2. The van der Waals surface area contributed by atoms with Gasteiger partial charge in [0.2, 0.25) is 9.84 Å². The van der Waals surface area contributed by atoms with E-state index in [1.165, 1.54) is 36.5 Å². The van der Waals surface area contributed by atoms with E-state index in [0.717, 1.165) is 5.56 Å². The number of ether oxygens (including phenoxy) is 1. The van der Waals surface area contributed by atoms with Crippen molar-refractivity contribution in [3.05, 3.63) is 48.2 Å². The van der Waals surface area contributed by atoms with E-state index in [-0.39, 0.29) is 15.7 Å². The molecule has 1 aromatic carbocycles. The number of sulfone groups is 1. The Bertz CT molecular complexity index is 771. The maximum Gasteiger partial charge on any atom is 0.341 e. The van der Waals surface area contributed by atoms with Crippen LogP contribution in [0.15, 0.2) is 52.5 Å². The van der Waals surface area contributed by atoms with Gasteiger partial charge in [-0.3, -0.25) is 0 Å². The molecule has 0 atom stereocenters. The minimum Gasteiger partial charge on any atom is -0.482 e. The van der Waals surface area contributed by atoms with Crippen molar-refractivity contribution in [1.82, 2.24) is 4.98 Å². The molecule has 0 amide bonds. The number of carboxylic acids is 1. The molecule has 8 heteroatoms. The maximum absolute atomic E-state index is 12.5. The normalized spacial score (nSPS) is 11.2. The van der Waals surface area contributed by atoms with Crippen molar-refractivity contribution in [3.8, 4) is 5.75 Å². The van der Waals surface area contributed by atoms with Gasteiger partial charge in [0.25, 0.3) is 0 Å². The lowest BCUT2D eigenvalue weighted by Crippen LogP contribution is -2.09. The van der Waals surface area contributed by atoms with Gasteiger partial charge in [0, 0.05) is 6.20 Å². The highest BCUT2D eigenvalue weighted by Crippen LogP contribution is 2.22. The van der Waals surface area contributed by atoms with Gasteiger partial charge < -0.3 is 15.6 Å². The van der Waals surface area contributed by atoms with Crippen molar-refractivity contribution < 1.29 is 23.1 Å². The summed E-state index contributed by atoms with van der Waals surface area (Å²) in [4.78, 5) is 14.5. The molecule has 0 aliphatic heterocycles. The number of hydrogen-bond acceptors (Lipinski definition) is 6. The maximum atomic E-state index is 12.5. The van der Waals surface area contributed by atoms with E-state index in [9.17, 15) is 13.2 Å². The van der Waals surface area contributed by atoms with Gasteiger partial charge in [-0.25, -0.2) is 18.2 Å². The summed E-state index contributed by atoms with van der Waals surface area (Å²) in [7, 11) is -3.73. The fourth-order valence-corrected chi connectivity index (χ4v) is 3.04. The zero-order chi connectivity index (χ0) is 16.9. The van der Waals surface area contributed by atoms with Crippen molar-refractivity contribution >= 4 is 15.8 Å². The number of rotatable bonds is 7. The number of nitrogens with zero attached hydrogens (tertiary/aromatic N) is 1. The Kier molecular flexibility index (Phi) is 5.30. The number of pyridine rings is 1. The fourth-order valence-electron chi connectivity index (χ4n) is 1.87. The summed E-state index contributed by atoms with van der Waals surface area (Å²) in [6, 6.07) is 8.62. The van der Waals surface area contributed by atoms with Crippen LogP contribution >= 0.6 is 0 Å². The first kappa shape index (κ1) is 16.9. The van der Waals surface area contributed by atoms with E-state index in [2.05, 4.69) is 4.98 Å². The first-order valence-corrected chi connectivity index (χ1v) is 8.26. The largest absolute Gasteiger partial charge is 0.482 e. The minimum absolute atomic E-state index is 0.0549. The van der Waals surface area contributed by atoms with Crippen LogP contribution in [0.2, 0.25) is 0 Å². The quantitative estimate of drug-likeness (QED) is 0.770. The van der Waals surface area contributed by atoms with Crippen LogP contribution in [0.5, 0.6) is 5.75 Å². The van der Waals surface area contributed by atoms with Gasteiger partial charge in [-0.15, -0.1) is 0 Å². The summed E-state index contributed by atoms with van der Waals surface area (Å²) in [6.07, 6.45) is 2.12. The predicted molar refractivity (Wildman–Crippen MR) is 82.0 cm³/mol. The van der Waals surface area contributed by atoms with Gasteiger partial charge in [-0.1, -0.05) is 6.07 Å². The Balaban J connectivity index is 2.20. The highest BCUT2D eigenvalue weighted by atomic mass is 32.2. The molecule has 2 aromatic rings. The molecule has 0 saturated heterocycles. The highest BCUT2D eigenvalue weighted by Gasteiger charge is 2.19. The number of hydrogen-bond donors (Lipinski definition) is 2. The molecule has 0 radical (unpaired) electrons. The van der Waals surface area contributed by atoms with Gasteiger partial charge in [0.15, 0.2) is 11.6 Å². The summed E-state index contributed by atoms with van der Waals surface area (Å²) in [5.41, 5.74) is 6.30. The van der Waals surface area contributed by atoms with Crippen molar-refractivity contribution in [3.63, 3.8) is 0 Å². The molecule has 0 spiro atoms. The monoisotopic (exact) mass is 336 g/mol. The van der Waals surface area contributed by atoms with Crippen LogP contribution in [0.1, 0.15) is 5.56 Å². The molecule has 122 valence electrons. The Morgan fingerprint density at radius 1 is 1.17 bits per heavy atom. The number of benzene rings is 1. The SMILES string of the molecule is NCCc1ccc(S(=O)(=O)c2ccc(OCC(=O)O)cc2)nc1. The number of aromatic nitrogens is 1. The summed E-state index contributed by atoms with van der Waals surface area (Å²) >= 11 is 0. The molecule has 3 N–H and O–H groups in total. The van der Waals surface area contributed by atoms with Crippen LogP contribution in [-0.4, -0.2) is 37.6 Å². The second kappa shape index (κ2) is 7.21. The molecule has 1 heterocycles. The fraction of sp³-hybridized carbons (Fsp3) is 0.200. The van der Waals surface area contributed by atoms with Gasteiger partial charge in [-0.05, 0) is 48.9 Å². The number of nitrogens with two attached hydrogens (primary N) is 1. The first-order chi connectivity index (χ1) is 10.9. The van der Waals surface area contributed by atoms with E-state index in [0.29, 0.717) is 13.0 Å². The predicted octanol–water partition coefficient (Wildman–Crippen LogP) is 0.879. The van der Waals surface area contributed by atoms with Crippen molar-refractivity contribution in [2.24, 2.45) is 5.73 Å². The summed E-state index contributed by atoms with van der Waals surface area (Å²) in [6.45, 7) is -0.0260. The van der Waals surface area contributed by atoms with Crippen LogP contribution in [0.4, 0.5) is 0 Å². The molecule has 7 nitrogen and oxygen atoms in total. The lowest BCUT2D eigenvalue weighted by molar-refractivity contribution is -0.139. The van der Waals surface area contributed by atoms with Crippen LogP contribution in [0.25, 0.3) is 0 Å². The summed E-state index contributed by atoms with van der Waals surface area (Å²) in [5.74, 6) is -0.832. The Hall–Kier alpha value is -2.45. The topological polar surface area (TPSA) is 120 Å². The Morgan fingerprint density at radius 3 is 2.39 bits per heavy atom. The van der Waals surface area contributed by atoms with Crippen LogP contribution in [-0.2, 0) is 21.1 Å². The molecule has 1 aromatic heterocycles. The van der Waals surface area contributed by atoms with Gasteiger partial charge >= 0.3 is 5.97 Å². The standard InChI is InChI=1S/C15H16N2O5S/c16-8-7-11-1-6-14(17-9-11)23(20,21)13-4-2-12(3-5-13)22-10-15(18)19/h1-6,9H,7-8,10,16H2,(H,18,19). The van der Waals surface area contributed by atoms with Gasteiger partial charge in [0.05, 0.1) is 4.90 Å². The van der Waals surface area contributed by atoms with E-state index >= 15 is 0 Å². The molecule has 0 fully saturated rings. The van der Waals surface area contributed by atoms with Crippen molar-refractivity contribution in [2.45, 2.75) is 16.3 Å². The van der Waals surface area contributed by atoms with Crippen LogP contribution in [0, 0.1) is 0 Å². The summed E-state index contributed by atoms with van der Waals surface area (Å²) in [5, 5.41) is 8.47. The van der Waals surface area contributed by atoms with E-state index < -0.39 is 22.4 Å². The smallest absolute Gasteiger partial charge is 0.341 e. The molecule has 23 heavy (non-hydrogen) atoms. The summed E-state index contributed by atoms with van der Waals surface area (Å²) < 4.78 is 29.9. The molecule has 0 saturated carbocycles. The molecular weight excluding hydrogens is 320 g/mol. The molecule has 0 aliphatic rings. The number of carboxylic acid groups (broad SMARTS) is 1. The lowest BCUT2D eigenvalue weighted by Gasteiger charge is -2.07. The average molecular weight is 336 g/mol.